The Labute approximate surface area is 197 Å². The van der Waals surface area contributed by atoms with Gasteiger partial charge in [-0.15, -0.1) is 0 Å². The molecule has 1 aliphatic rings. The molecule has 10 heteroatoms. The van der Waals surface area contributed by atoms with Gasteiger partial charge in [0.1, 0.15) is 23.6 Å². The lowest BCUT2D eigenvalue weighted by atomic mass is 10.0. The number of ether oxygens (including phenoxy) is 1. The number of alkyl halides is 2. The predicted molar refractivity (Wildman–Crippen MR) is 126 cm³/mol. The van der Waals surface area contributed by atoms with Crippen LogP contribution in [0.5, 0.6) is 5.88 Å². The third kappa shape index (κ3) is 4.72. The number of pyridine rings is 1. The number of hydrogen-bond acceptors (Lipinski definition) is 7. The summed E-state index contributed by atoms with van der Waals surface area (Å²) in [5, 5.41) is 3.80. The van der Waals surface area contributed by atoms with E-state index in [1.807, 2.05) is 6.07 Å². The summed E-state index contributed by atoms with van der Waals surface area (Å²) in [5.41, 5.74) is 0.746. The fourth-order valence-corrected chi connectivity index (χ4v) is 4.26. The number of likely N-dealkylation sites (N-methyl/N-ethyl adjacent to an activating group) is 1. The van der Waals surface area contributed by atoms with E-state index in [-0.39, 0.29) is 5.56 Å². The van der Waals surface area contributed by atoms with Gasteiger partial charge in [0.25, 0.3) is 5.92 Å². The number of halogens is 3. The maximum absolute atomic E-state index is 14.9. The molecule has 0 amide bonds. The molecule has 1 saturated heterocycles. The first-order chi connectivity index (χ1) is 16.2. The van der Waals surface area contributed by atoms with Crippen molar-refractivity contribution in [2.75, 3.05) is 50.1 Å². The van der Waals surface area contributed by atoms with Crippen LogP contribution in [0.15, 0.2) is 30.6 Å². The molecule has 7 nitrogen and oxygen atoms in total. The molecule has 2 aromatic heterocycles. The Kier molecular flexibility index (Phi) is 6.79. The summed E-state index contributed by atoms with van der Waals surface area (Å²) in [4.78, 5) is 17.8. The summed E-state index contributed by atoms with van der Waals surface area (Å²) in [6.45, 7) is 9.05. The summed E-state index contributed by atoms with van der Waals surface area (Å²) >= 11 is 0. The first-order valence-electron chi connectivity index (χ1n) is 11.3. The fourth-order valence-electron chi connectivity index (χ4n) is 4.26. The van der Waals surface area contributed by atoms with E-state index >= 15 is 0 Å². The number of nitrogens with zero attached hydrogens (tertiary/aromatic N) is 5. The van der Waals surface area contributed by atoms with Crippen LogP contribution >= 0.6 is 0 Å². The second-order valence-corrected chi connectivity index (χ2v) is 8.49. The molecule has 1 fully saturated rings. The fraction of sp³-hybridized carbons (Fsp3) is 0.458. The molecule has 1 aliphatic heterocycles. The minimum absolute atomic E-state index is 0.128. The molecule has 0 aliphatic carbocycles. The standard InChI is InChI=1S/C24H29F3N6O/c1-5-32-9-11-33(12-10-32)19-13-17-21(28-14-29-22(17)31-23(19)34-4)30-15(2)16-7-6-8-18(20(16)25)24(3,26)27/h6-8,13-15H,5,9-12H2,1-4H3,(H,28,29,30,31)/t15-/m1/s1. The second kappa shape index (κ2) is 9.61. The van der Waals surface area contributed by atoms with Crippen LogP contribution < -0.4 is 15.0 Å². The monoisotopic (exact) mass is 474 g/mol. The number of methoxy groups -OCH3 is 1. The largest absolute Gasteiger partial charge is 0.479 e. The molecule has 3 heterocycles. The van der Waals surface area contributed by atoms with Gasteiger partial charge in [0.15, 0.2) is 5.65 Å². The van der Waals surface area contributed by atoms with Crippen LogP contribution in [0.4, 0.5) is 24.7 Å². The molecule has 34 heavy (non-hydrogen) atoms. The topological polar surface area (TPSA) is 66.4 Å². The molecule has 182 valence electrons. The highest BCUT2D eigenvalue weighted by atomic mass is 19.3. The number of benzene rings is 1. The van der Waals surface area contributed by atoms with Crippen molar-refractivity contribution in [2.24, 2.45) is 0 Å². The summed E-state index contributed by atoms with van der Waals surface area (Å²) in [7, 11) is 1.57. The second-order valence-electron chi connectivity index (χ2n) is 8.49. The highest BCUT2D eigenvalue weighted by Gasteiger charge is 2.30. The van der Waals surface area contributed by atoms with Crippen LogP contribution in [-0.4, -0.2) is 59.7 Å². The van der Waals surface area contributed by atoms with Crippen LogP contribution in [0, 0.1) is 5.82 Å². The number of aromatic nitrogens is 3. The number of nitrogens with one attached hydrogen (secondary N) is 1. The summed E-state index contributed by atoms with van der Waals surface area (Å²) in [6, 6.07) is 5.32. The van der Waals surface area contributed by atoms with Gasteiger partial charge in [-0.2, -0.15) is 4.98 Å². The molecule has 3 aromatic rings. The Morgan fingerprint density at radius 1 is 1.18 bits per heavy atom. The van der Waals surface area contributed by atoms with Crippen molar-refractivity contribution in [1.82, 2.24) is 19.9 Å². The molecule has 1 atom stereocenters. The quantitative estimate of drug-likeness (QED) is 0.537. The van der Waals surface area contributed by atoms with E-state index in [0.29, 0.717) is 29.7 Å². The van der Waals surface area contributed by atoms with Crippen molar-refractivity contribution in [3.8, 4) is 5.88 Å². The van der Waals surface area contributed by atoms with Crippen molar-refractivity contribution < 1.29 is 17.9 Å². The molecule has 0 saturated carbocycles. The lowest BCUT2D eigenvalue weighted by molar-refractivity contribution is 0.0136. The number of piperazine rings is 1. The molecule has 0 spiro atoms. The molecule has 1 aromatic carbocycles. The van der Waals surface area contributed by atoms with Gasteiger partial charge in [-0.25, -0.2) is 23.1 Å². The lowest BCUT2D eigenvalue weighted by Crippen LogP contribution is -2.46. The third-order valence-electron chi connectivity index (χ3n) is 6.25. The lowest BCUT2D eigenvalue weighted by Gasteiger charge is -2.35. The minimum Gasteiger partial charge on any atom is -0.479 e. The smallest absolute Gasteiger partial charge is 0.273 e. The van der Waals surface area contributed by atoms with E-state index in [9.17, 15) is 13.2 Å². The van der Waals surface area contributed by atoms with E-state index in [1.54, 1.807) is 14.0 Å². The summed E-state index contributed by atoms with van der Waals surface area (Å²) < 4.78 is 48.1. The zero-order valence-electron chi connectivity index (χ0n) is 19.8. The number of hydrogen-bond donors (Lipinski definition) is 1. The highest BCUT2D eigenvalue weighted by Crippen LogP contribution is 2.35. The van der Waals surface area contributed by atoms with E-state index in [1.165, 1.54) is 18.5 Å². The predicted octanol–water partition coefficient (Wildman–Crippen LogP) is 4.60. The van der Waals surface area contributed by atoms with Crippen LogP contribution in [-0.2, 0) is 5.92 Å². The van der Waals surface area contributed by atoms with Crippen molar-refractivity contribution in [3.63, 3.8) is 0 Å². The SMILES string of the molecule is CCN1CCN(c2cc3c(N[C@H](C)c4cccc(C(C)(F)F)c4F)ncnc3nc2OC)CC1. The van der Waals surface area contributed by atoms with Gasteiger partial charge in [0, 0.05) is 38.7 Å². The zero-order chi connectivity index (χ0) is 24.5. The normalized spacial score (nSPS) is 16.0. The maximum atomic E-state index is 14.9. The number of rotatable bonds is 7. The van der Waals surface area contributed by atoms with Gasteiger partial charge in [0.05, 0.1) is 24.1 Å². The first kappa shape index (κ1) is 24.0. The Balaban J connectivity index is 1.69. The van der Waals surface area contributed by atoms with Crippen LogP contribution in [0.2, 0.25) is 0 Å². The van der Waals surface area contributed by atoms with Gasteiger partial charge in [-0.3, -0.25) is 0 Å². The van der Waals surface area contributed by atoms with Gasteiger partial charge < -0.3 is 19.9 Å². The highest BCUT2D eigenvalue weighted by molar-refractivity contribution is 5.90. The van der Waals surface area contributed by atoms with Crippen molar-refractivity contribution >= 4 is 22.5 Å². The third-order valence-corrected chi connectivity index (χ3v) is 6.25. The Morgan fingerprint density at radius 2 is 1.91 bits per heavy atom. The Morgan fingerprint density at radius 3 is 2.56 bits per heavy atom. The maximum Gasteiger partial charge on any atom is 0.273 e. The van der Waals surface area contributed by atoms with E-state index in [4.69, 9.17) is 4.74 Å². The van der Waals surface area contributed by atoms with E-state index in [0.717, 1.165) is 44.5 Å². The first-order valence-corrected chi connectivity index (χ1v) is 11.3. The van der Waals surface area contributed by atoms with Crippen molar-refractivity contribution in [2.45, 2.75) is 32.7 Å². The molecular weight excluding hydrogens is 445 g/mol. The van der Waals surface area contributed by atoms with Crippen molar-refractivity contribution in [1.29, 1.82) is 0 Å². The Bertz CT molecular complexity index is 1160. The van der Waals surface area contributed by atoms with Crippen LogP contribution in [0.1, 0.15) is 37.9 Å². The average Bonchev–Trinajstić information content (AvgIpc) is 2.82. The molecule has 0 bridgehead atoms. The molecule has 1 N–H and O–H groups in total. The molecule has 4 rings (SSSR count). The van der Waals surface area contributed by atoms with Gasteiger partial charge >= 0.3 is 0 Å². The summed E-state index contributed by atoms with van der Waals surface area (Å²) in [5.74, 6) is -3.30. The number of fused-ring (bicyclic) bond motifs is 1. The molecular formula is C24H29F3N6O. The Hall–Kier alpha value is -3.14. The average molecular weight is 475 g/mol. The van der Waals surface area contributed by atoms with Crippen LogP contribution in [0.25, 0.3) is 11.0 Å². The molecule has 0 unspecified atom stereocenters. The zero-order valence-corrected chi connectivity index (χ0v) is 19.8. The van der Waals surface area contributed by atoms with Crippen molar-refractivity contribution in [3.05, 3.63) is 47.5 Å². The van der Waals surface area contributed by atoms with Crippen LogP contribution in [0.3, 0.4) is 0 Å². The summed E-state index contributed by atoms with van der Waals surface area (Å²) in [6.07, 6.45) is 1.36. The minimum atomic E-state index is -3.28. The van der Waals surface area contributed by atoms with Gasteiger partial charge in [-0.05, 0) is 19.5 Å². The van der Waals surface area contributed by atoms with E-state index in [2.05, 4.69) is 37.0 Å². The van der Waals surface area contributed by atoms with Gasteiger partial charge in [-0.1, -0.05) is 25.1 Å². The van der Waals surface area contributed by atoms with E-state index < -0.39 is 23.3 Å². The van der Waals surface area contributed by atoms with Gasteiger partial charge in [0.2, 0.25) is 5.88 Å². The molecule has 0 radical (unpaired) electrons. The number of anilines is 2.